The first kappa shape index (κ1) is 14.6. The lowest BCUT2D eigenvalue weighted by Gasteiger charge is -2.18. The molecule has 0 fully saturated rings. The summed E-state index contributed by atoms with van der Waals surface area (Å²) in [5, 5.41) is 1.01. The van der Waals surface area contributed by atoms with Crippen LogP contribution in [-0.4, -0.2) is 11.9 Å². The molecule has 0 radical (unpaired) electrons. The Hall–Kier alpha value is -0.500. The second kappa shape index (κ2) is 7.75. The van der Waals surface area contributed by atoms with Gasteiger partial charge in [-0.3, -0.25) is 0 Å². The monoisotopic (exact) mass is 298 g/mol. The molecule has 0 aromatic heterocycles. The molecule has 96 valence electrons. The van der Waals surface area contributed by atoms with E-state index in [1.165, 1.54) is 5.56 Å². The molecule has 2 heteroatoms. The summed E-state index contributed by atoms with van der Waals surface area (Å²) in [4.78, 5) is 0. The minimum atomic E-state index is 0.565. The zero-order valence-electron chi connectivity index (χ0n) is 11.1. The minimum Gasteiger partial charge on any atom is -0.493 e. The molecule has 1 rings (SSSR count). The third-order valence-corrected chi connectivity index (χ3v) is 4.25. The number of benzene rings is 1. The van der Waals surface area contributed by atoms with Gasteiger partial charge in [-0.05, 0) is 30.4 Å². The van der Waals surface area contributed by atoms with Crippen molar-refractivity contribution in [3.8, 4) is 5.75 Å². The first-order valence-electron chi connectivity index (χ1n) is 6.50. The zero-order valence-corrected chi connectivity index (χ0v) is 12.7. The molecule has 0 aliphatic heterocycles. The molecule has 1 aromatic rings. The van der Waals surface area contributed by atoms with Gasteiger partial charge < -0.3 is 4.74 Å². The first-order chi connectivity index (χ1) is 8.22. The van der Waals surface area contributed by atoms with Crippen LogP contribution < -0.4 is 4.74 Å². The van der Waals surface area contributed by atoms with E-state index in [-0.39, 0.29) is 0 Å². The first-order valence-corrected chi connectivity index (χ1v) is 7.62. The Bertz CT molecular complexity index is 320. The summed E-state index contributed by atoms with van der Waals surface area (Å²) in [6.07, 6.45) is 2.30. The van der Waals surface area contributed by atoms with Crippen LogP contribution in [0.2, 0.25) is 0 Å². The van der Waals surface area contributed by atoms with Crippen LogP contribution in [0.3, 0.4) is 0 Å². The van der Waals surface area contributed by atoms with Crippen LogP contribution in [0.5, 0.6) is 5.75 Å². The third kappa shape index (κ3) is 4.34. The van der Waals surface area contributed by atoms with E-state index in [1.807, 2.05) is 0 Å². The molecular weight excluding hydrogens is 276 g/mol. The van der Waals surface area contributed by atoms with Gasteiger partial charge in [-0.25, -0.2) is 0 Å². The fourth-order valence-electron chi connectivity index (χ4n) is 1.72. The third-order valence-electron chi connectivity index (χ3n) is 3.33. The van der Waals surface area contributed by atoms with Crippen molar-refractivity contribution in [1.29, 1.82) is 0 Å². The van der Waals surface area contributed by atoms with E-state index in [4.69, 9.17) is 4.74 Å². The average molecular weight is 299 g/mol. The summed E-state index contributed by atoms with van der Waals surface area (Å²) in [6, 6.07) is 8.41. The number of alkyl halides is 1. The smallest absolute Gasteiger partial charge is 0.122 e. The highest BCUT2D eigenvalue weighted by molar-refractivity contribution is 9.09. The number of halogens is 1. The molecule has 0 bridgehead atoms. The van der Waals surface area contributed by atoms with Crippen molar-refractivity contribution < 1.29 is 4.74 Å². The average Bonchev–Trinajstić information content (AvgIpc) is 2.39. The largest absolute Gasteiger partial charge is 0.493 e. The number of rotatable bonds is 7. The van der Waals surface area contributed by atoms with Gasteiger partial charge in [-0.1, -0.05) is 54.9 Å². The van der Waals surface area contributed by atoms with Gasteiger partial charge in [0.1, 0.15) is 5.75 Å². The lowest BCUT2D eigenvalue weighted by atomic mass is 9.98. The van der Waals surface area contributed by atoms with Crippen molar-refractivity contribution in [2.45, 2.75) is 39.5 Å². The molecule has 0 aliphatic carbocycles. The standard InChI is InChI=1S/C15H23BrO/c1-4-12(3)14-8-6-7-9-15(14)17-11-13(5-2)10-16/h6-9,12-13H,4-5,10-11H2,1-3H3. The maximum atomic E-state index is 5.97. The molecule has 1 aromatic carbocycles. The van der Waals surface area contributed by atoms with Crippen LogP contribution >= 0.6 is 15.9 Å². The SMILES string of the molecule is CCC(CBr)COc1ccccc1C(C)CC. The molecule has 0 spiro atoms. The Morgan fingerprint density at radius 1 is 1.18 bits per heavy atom. The maximum Gasteiger partial charge on any atom is 0.122 e. The van der Waals surface area contributed by atoms with Crippen LogP contribution in [0.1, 0.15) is 45.1 Å². The molecule has 0 saturated heterocycles. The van der Waals surface area contributed by atoms with Gasteiger partial charge >= 0.3 is 0 Å². The van der Waals surface area contributed by atoms with E-state index in [9.17, 15) is 0 Å². The lowest BCUT2D eigenvalue weighted by molar-refractivity contribution is 0.256. The molecule has 0 heterocycles. The van der Waals surface area contributed by atoms with Gasteiger partial charge in [0.15, 0.2) is 0 Å². The summed E-state index contributed by atoms with van der Waals surface area (Å²) in [7, 11) is 0. The molecule has 2 unspecified atom stereocenters. The van der Waals surface area contributed by atoms with Crippen LogP contribution in [0.25, 0.3) is 0 Å². The molecule has 2 atom stereocenters. The quantitative estimate of drug-likeness (QED) is 0.644. The Labute approximate surface area is 114 Å². The summed E-state index contributed by atoms with van der Waals surface area (Å²) in [5.41, 5.74) is 1.33. The molecule has 0 amide bonds. The molecular formula is C15H23BrO. The summed E-state index contributed by atoms with van der Waals surface area (Å²) < 4.78 is 5.97. The molecule has 17 heavy (non-hydrogen) atoms. The predicted octanol–water partition coefficient (Wildman–Crippen LogP) is 5.00. The summed E-state index contributed by atoms with van der Waals surface area (Å²) in [5.74, 6) is 2.22. The van der Waals surface area contributed by atoms with E-state index in [0.29, 0.717) is 11.8 Å². The van der Waals surface area contributed by atoms with Crippen molar-refractivity contribution in [1.82, 2.24) is 0 Å². The van der Waals surface area contributed by atoms with E-state index in [1.54, 1.807) is 0 Å². The highest BCUT2D eigenvalue weighted by Crippen LogP contribution is 2.28. The van der Waals surface area contributed by atoms with Crippen molar-refractivity contribution in [3.63, 3.8) is 0 Å². The topological polar surface area (TPSA) is 9.23 Å². The Morgan fingerprint density at radius 2 is 1.88 bits per heavy atom. The highest BCUT2D eigenvalue weighted by Gasteiger charge is 2.11. The highest BCUT2D eigenvalue weighted by atomic mass is 79.9. The fraction of sp³-hybridized carbons (Fsp3) is 0.600. The van der Waals surface area contributed by atoms with Crippen molar-refractivity contribution in [2.75, 3.05) is 11.9 Å². The van der Waals surface area contributed by atoms with Crippen LogP contribution in [-0.2, 0) is 0 Å². The minimum absolute atomic E-state index is 0.565. The number of hydrogen-bond acceptors (Lipinski definition) is 1. The lowest BCUT2D eigenvalue weighted by Crippen LogP contribution is -2.13. The second-order valence-electron chi connectivity index (χ2n) is 4.59. The van der Waals surface area contributed by atoms with E-state index in [2.05, 4.69) is 61.0 Å². The Morgan fingerprint density at radius 3 is 2.47 bits per heavy atom. The van der Waals surface area contributed by atoms with E-state index >= 15 is 0 Å². The molecule has 1 nitrogen and oxygen atoms in total. The fourth-order valence-corrected chi connectivity index (χ4v) is 2.36. The second-order valence-corrected chi connectivity index (χ2v) is 5.23. The van der Waals surface area contributed by atoms with Gasteiger partial charge in [0.25, 0.3) is 0 Å². The number of hydrogen-bond donors (Lipinski definition) is 0. The van der Waals surface area contributed by atoms with Gasteiger partial charge in [-0.15, -0.1) is 0 Å². The Balaban J connectivity index is 2.70. The summed E-state index contributed by atoms with van der Waals surface area (Å²) in [6.45, 7) is 7.48. The van der Waals surface area contributed by atoms with E-state index < -0.39 is 0 Å². The van der Waals surface area contributed by atoms with Crippen molar-refractivity contribution in [3.05, 3.63) is 29.8 Å². The van der Waals surface area contributed by atoms with Gasteiger partial charge in [0.05, 0.1) is 6.61 Å². The molecule has 0 aliphatic rings. The molecule has 0 N–H and O–H groups in total. The number of para-hydroxylation sites is 1. The van der Waals surface area contributed by atoms with Crippen LogP contribution in [0.15, 0.2) is 24.3 Å². The maximum absolute atomic E-state index is 5.97. The van der Waals surface area contributed by atoms with Crippen LogP contribution in [0.4, 0.5) is 0 Å². The van der Waals surface area contributed by atoms with Crippen LogP contribution in [0, 0.1) is 5.92 Å². The molecule has 0 saturated carbocycles. The van der Waals surface area contributed by atoms with Crippen molar-refractivity contribution >= 4 is 15.9 Å². The van der Waals surface area contributed by atoms with Gasteiger partial charge in [0.2, 0.25) is 0 Å². The van der Waals surface area contributed by atoms with Gasteiger partial charge in [-0.2, -0.15) is 0 Å². The van der Waals surface area contributed by atoms with Gasteiger partial charge in [0, 0.05) is 11.2 Å². The Kier molecular flexibility index (Phi) is 6.64. The summed E-state index contributed by atoms with van der Waals surface area (Å²) >= 11 is 3.53. The predicted molar refractivity (Wildman–Crippen MR) is 78.2 cm³/mol. The van der Waals surface area contributed by atoms with Crippen molar-refractivity contribution in [2.24, 2.45) is 5.92 Å². The number of ether oxygens (including phenoxy) is 1. The van der Waals surface area contributed by atoms with E-state index in [0.717, 1.165) is 30.5 Å². The normalized spacial score (nSPS) is 14.4. The zero-order chi connectivity index (χ0) is 12.7.